The van der Waals surface area contributed by atoms with Gasteiger partial charge in [0.2, 0.25) is 0 Å². The molecule has 0 fully saturated rings. The number of aliphatic hydroxyl groups is 1. The topological polar surface area (TPSA) is 65.0 Å². The minimum atomic E-state index is -1.13. The highest BCUT2D eigenvalue weighted by atomic mass is 16.7. The normalized spacial score (nSPS) is 15.1. The zero-order valence-corrected chi connectivity index (χ0v) is 8.15. The Morgan fingerprint density at radius 3 is 2.54 bits per heavy atom. The van der Waals surface area contributed by atoms with E-state index in [0.717, 1.165) is 0 Å². The Bertz CT molecular complexity index is 147. The summed E-state index contributed by atoms with van der Waals surface area (Å²) in [6.45, 7) is 1.89. The molecule has 0 aromatic carbocycles. The van der Waals surface area contributed by atoms with Gasteiger partial charge in [-0.15, -0.1) is 0 Å². The molecule has 78 valence electrons. The van der Waals surface area contributed by atoms with Crippen molar-refractivity contribution in [2.45, 2.75) is 25.6 Å². The average molecular weight is 192 g/mol. The second-order valence-electron chi connectivity index (χ2n) is 2.66. The van der Waals surface area contributed by atoms with E-state index in [1.54, 1.807) is 6.92 Å². The van der Waals surface area contributed by atoms with Gasteiger partial charge in [0.25, 0.3) is 0 Å². The highest BCUT2D eigenvalue weighted by Crippen LogP contribution is 2.03. The fraction of sp³-hybridized carbons (Fsp3) is 0.875. The van der Waals surface area contributed by atoms with E-state index in [1.807, 2.05) is 0 Å². The van der Waals surface area contributed by atoms with Gasteiger partial charge in [0, 0.05) is 13.5 Å². The van der Waals surface area contributed by atoms with E-state index in [4.69, 9.17) is 4.74 Å². The van der Waals surface area contributed by atoms with Gasteiger partial charge in [-0.25, -0.2) is 4.79 Å². The zero-order valence-electron chi connectivity index (χ0n) is 8.15. The van der Waals surface area contributed by atoms with E-state index in [9.17, 15) is 9.90 Å². The lowest BCUT2D eigenvalue weighted by atomic mass is 10.2. The van der Waals surface area contributed by atoms with Crippen LogP contribution < -0.4 is 0 Å². The summed E-state index contributed by atoms with van der Waals surface area (Å²) in [5.41, 5.74) is 0. The Morgan fingerprint density at radius 2 is 2.08 bits per heavy atom. The van der Waals surface area contributed by atoms with Gasteiger partial charge in [0.05, 0.1) is 13.2 Å². The molecule has 5 heteroatoms. The second kappa shape index (κ2) is 6.82. The summed E-state index contributed by atoms with van der Waals surface area (Å²) in [6, 6.07) is 0. The standard InChI is InChI=1S/C8H16O5/c1-6(13-5-11-2)4-7(9)8(10)12-3/h6-7,9H,4-5H2,1-3H3/t6-,7+/m1/s1. The maximum atomic E-state index is 10.8. The molecule has 13 heavy (non-hydrogen) atoms. The number of aliphatic hydroxyl groups excluding tert-OH is 1. The fourth-order valence-corrected chi connectivity index (χ4v) is 0.799. The Morgan fingerprint density at radius 1 is 1.46 bits per heavy atom. The summed E-state index contributed by atoms with van der Waals surface area (Å²) in [5, 5.41) is 9.19. The quantitative estimate of drug-likeness (QED) is 0.471. The maximum absolute atomic E-state index is 10.8. The summed E-state index contributed by atoms with van der Waals surface area (Å²) in [6.07, 6.45) is -1.17. The molecule has 0 amide bonds. The van der Waals surface area contributed by atoms with Crippen molar-refractivity contribution in [1.29, 1.82) is 0 Å². The summed E-state index contributed by atoms with van der Waals surface area (Å²) in [4.78, 5) is 10.8. The average Bonchev–Trinajstić information content (AvgIpc) is 2.13. The van der Waals surface area contributed by atoms with Gasteiger partial charge in [-0.1, -0.05) is 0 Å². The minimum Gasteiger partial charge on any atom is -0.467 e. The van der Waals surface area contributed by atoms with Crippen molar-refractivity contribution in [2.75, 3.05) is 21.0 Å². The SMILES string of the molecule is COCO[C@H](C)C[C@H](O)C(=O)OC. The van der Waals surface area contributed by atoms with Crippen LogP contribution in [0.4, 0.5) is 0 Å². The van der Waals surface area contributed by atoms with E-state index in [2.05, 4.69) is 9.47 Å². The molecular weight excluding hydrogens is 176 g/mol. The Balaban J connectivity index is 3.64. The Hall–Kier alpha value is -0.650. The van der Waals surface area contributed by atoms with Crippen LogP contribution in [0, 0.1) is 0 Å². The molecule has 0 aromatic rings. The van der Waals surface area contributed by atoms with E-state index in [-0.39, 0.29) is 19.3 Å². The number of carbonyl (C=O) groups excluding carboxylic acids is 1. The van der Waals surface area contributed by atoms with Crippen molar-refractivity contribution in [1.82, 2.24) is 0 Å². The number of ether oxygens (including phenoxy) is 3. The lowest BCUT2D eigenvalue weighted by Crippen LogP contribution is -2.27. The van der Waals surface area contributed by atoms with E-state index in [1.165, 1.54) is 14.2 Å². The molecule has 5 nitrogen and oxygen atoms in total. The van der Waals surface area contributed by atoms with Gasteiger partial charge < -0.3 is 19.3 Å². The number of hydrogen-bond donors (Lipinski definition) is 1. The lowest BCUT2D eigenvalue weighted by molar-refractivity contribution is -0.153. The molecule has 0 saturated carbocycles. The Kier molecular flexibility index (Phi) is 6.48. The number of carbonyl (C=O) groups is 1. The molecule has 1 N–H and O–H groups in total. The first kappa shape index (κ1) is 12.3. The molecule has 0 radical (unpaired) electrons. The van der Waals surface area contributed by atoms with E-state index >= 15 is 0 Å². The number of esters is 1. The van der Waals surface area contributed by atoms with Crippen LogP contribution in [0.3, 0.4) is 0 Å². The molecule has 0 unspecified atom stereocenters. The van der Waals surface area contributed by atoms with Crippen molar-refractivity contribution in [3.05, 3.63) is 0 Å². The molecule has 0 aliphatic heterocycles. The van der Waals surface area contributed by atoms with Gasteiger partial charge in [0.1, 0.15) is 6.79 Å². The van der Waals surface area contributed by atoms with Crippen molar-refractivity contribution in [2.24, 2.45) is 0 Å². The zero-order chi connectivity index (χ0) is 10.3. The molecule has 2 atom stereocenters. The van der Waals surface area contributed by atoms with Crippen molar-refractivity contribution in [3.63, 3.8) is 0 Å². The third kappa shape index (κ3) is 5.57. The third-order valence-electron chi connectivity index (χ3n) is 1.50. The highest BCUT2D eigenvalue weighted by molar-refractivity contribution is 5.74. The minimum absolute atomic E-state index is 0.148. The van der Waals surface area contributed by atoms with Gasteiger partial charge in [0.15, 0.2) is 6.10 Å². The summed E-state index contributed by atoms with van der Waals surface area (Å²) in [7, 11) is 2.73. The molecule has 0 saturated heterocycles. The van der Waals surface area contributed by atoms with Crippen LogP contribution in [-0.2, 0) is 19.0 Å². The predicted molar refractivity (Wildman–Crippen MR) is 45.1 cm³/mol. The molecular formula is C8H16O5. The van der Waals surface area contributed by atoms with Gasteiger partial charge >= 0.3 is 5.97 Å². The van der Waals surface area contributed by atoms with Crippen LogP contribution in [0.2, 0.25) is 0 Å². The number of methoxy groups -OCH3 is 2. The first-order chi connectivity index (χ1) is 6.11. The van der Waals surface area contributed by atoms with Gasteiger partial charge in [-0.05, 0) is 6.92 Å². The van der Waals surface area contributed by atoms with E-state index in [0.29, 0.717) is 0 Å². The van der Waals surface area contributed by atoms with Crippen LogP contribution in [0.25, 0.3) is 0 Å². The van der Waals surface area contributed by atoms with Crippen LogP contribution in [-0.4, -0.2) is 44.3 Å². The second-order valence-corrected chi connectivity index (χ2v) is 2.66. The van der Waals surface area contributed by atoms with Crippen LogP contribution >= 0.6 is 0 Å². The number of hydrogen-bond acceptors (Lipinski definition) is 5. The first-order valence-electron chi connectivity index (χ1n) is 3.98. The summed E-state index contributed by atoms with van der Waals surface area (Å²) >= 11 is 0. The van der Waals surface area contributed by atoms with Crippen molar-refractivity contribution in [3.8, 4) is 0 Å². The Labute approximate surface area is 77.6 Å². The largest absolute Gasteiger partial charge is 0.467 e. The van der Waals surface area contributed by atoms with Crippen LogP contribution in [0.5, 0.6) is 0 Å². The summed E-state index contributed by atoms with van der Waals surface area (Å²) in [5.74, 6) is -0.645. The van der Waals surface area contributed by atoms with Gasteiger partial charge in [-0.2, -0.15) is 0 Å². The van der Waals surface area contributed by atoms with Crippen molar-refractivity contribution >= 4 is 5.97 Å². The molecule has 0 rings (SSSR count). The monoisotopic (exact) mass is 192 g/mol. The van der Waals surface area contributed by atoms with E-state index < -0.39 is 12.1 Å². The lowest BCUT2D eigenvalue weighted by Gasteiger charge is -2.14. The highest BCUT2D eigenvalue weighted by Gasteiger charge is 2.18. The van der Waals surface area contributed by atoms with Crippen molar-refractivity contribution < 1.29 is 24.1 Å². The number of rotatable bonds is 6. The molecule has 0 spiro atoms. The first-order valence-corrected chi connectivity index (χ1v) is 3.98. The molecule has 0 aliphatic rings. The maximum Gasteiger partial charge on any atom is 0.334 e. The van der Waals surface area contributed by atoms with Crippen LogP contribution in [0.15, 0.2) is 0 Å². The molecule has 0 heterocycles. The molecule has 0 bridgehead atoms. The van der Waals surface area contributed by atoms with Gasteiger partial charge in [-0.3, -0.25) is 0 Å². The fourth-order valence-electron chi connectivity index (χ4n) is 0.799. The molecule has 0 aromatic heterocycles. The predicted octanol–water partition coefficient (Wildman–Crippen LogP) is -0.0806. The summed E-state index contributed by atoms with van der Waals surface area (Å²) < 4.78 is 14.1. The van der Waals surface area contributed by atoms with Crippen LogP contribution in [0.1, 0.15) is 13.3 Å². The molecule has 0 aliphatic carbocycles. The smallest absolute Gasteiger partial charge is 0.334 e. The third-order valence-corrected chi connectivity index (χ3v) is 1.50.